The minimum absolute atomic E-state index is 0.0553. The molecule has 101 heavy (non-hydrogen) atoms. The highest BCUT2D eigenvalue weighted by atomic mass is 79.9. The van der Waals surface area contributed by atoms with Gasteiger partial charge in [-0.05, 0) is 146 Å². The van der Waals surface area contributed by atoms with E-state index in [1.807, 2.05) is 12.1 Å². The van der Waals surface area contributed by atoms with Crippen molar-refractivity contribution in [2.45, 2.75) is 58.2 Å². The molecular formula is C75H63BrF10N8O7. The lowest BCUT2D eigenvalue weighted by Crippen LogP contribution is -2.17. The number of carbonyl (C=O) groups excluding carboxylic acids is 5. The zero-order chi connectivity index (χ0) is 73.0. The molecule has 0 saturated carbocycles. The first-order chi connectivity index (χ1) is 48.3. The van der Waals surface area contributed by atoms with Gasteiger partial charge in [-0.25, -0.2) is 43.9 Å². The van der Waals surface area contributed by atoms with Crippen LogP contribution in [0, 0.1) is 58.2 Å². The Balaban J connectivity index is 0.000000181. The van der Waals surface area contributed by atoms with E-state index in [2.05, 4.69) is 35.6 Å². The maximum Gasteiger partial charge on any atom is 0.325 e. The molecule has 0 spiro atoms. The summed E-state index contributed by atoms with van der Waals surface area (Å²) in [4.78, 5) is 69.6. The number of aromatic amines is 1. The summed E-state index contributed by atoms with van der Waals surface area (Å²) in [7, 11) is 0. The van der Waals surface area contributed by atoms with E-state index in [1.54, 1.807) is 99.2 Å². The van der Waals surface area contributed by atoms with Crippen molar-refractivity contribution in [2.75, 3.05) is 18.5 Å². The summed E-state index contributed by atoms with van der Waals surface area (Å²) in [6.07, 6.45) is 7.97. The quantitative estimate of drug-likeness (QED) is 0.0340. The van der Waals surface area contributed by atoms with Crippen molar-refractivity contribution in [3.05, 3.63) is 287 Å². The minimum Gasteiger partial charge on any atom is -0.465 e. The molecule has 2 atom stereocenters. The molecule has 2 amide bonds. The number of pyridine rings is 2. The van der Waals surface area contributed by atoms with Gasteiger partial charge in [0.05, 0.1) is 53.7 Å². The van der Waals surface area contributed by atoms with Crippen LogP contribution in [0.4, 0.5) is 43.9 Å². The number of aromatic nitrogens is 5. The number of hydrogen-bond donors (Lipinski definition) is 4. The lowest BCUT2D eigenvalue weighted by atomic mass is 9.86. The second-order valence-electron chi connectivity index (χ2n) is 22.4. The van der Waals surface area contributed by atoms with Gasteiger partial charge in [-0.2, -0.15) is 0 Å². The molecular weight excluding hydrogens is 1390 g/mol. The van der Waals surface area contributed by atoms with E-state index in [-0.39, 0.29) is 72.6 Å². The predicted molar refractivity (Wildman–Crippen MR) is 365 cm³/mol. The number of amides is 2. The lowest BCUT2D eigenvalue weighted by Gasteiger charge is -2.20. The van der Waals surface area contributed by atoms with E-state index in [0.717, 1.165) is 47.5 Å². The molecule has 12 rings (SSSR count). The van der Waals surface area contributed by atoms with Gasteiger partial charge >= 0.3 is 11.9 Å². The van der Waals surface area contributed by atoms with E-state index in [9.17, 15) is 67.9 Å². The molecule has 0 saturated heterocycles. The number of primary amides is 2. The highest BCUT2D eigenvalue weighted by Crippen LogP contribution is 2.35. The molecule has 5 aromatic heterocycles. The molecule has 26 heteroatoms. The zero-order valence-electron chi connectivity index (χ0n) is 53.8. The number of halogens is 11. The molecule has 0 radical (unpaired) electrons. The second kappa shape index (κ2) is 35.5. The topological polar surface area (TPSA) is 233 Å². The summed E-state index contributed by atoms with van der Waals surface area (Å²) in [6.45, 7) is 3.98. The van der Waals surface area contributed by atoms with E-state index >= 15 is 0 Å². The van der Waals surface area contributed by atoms with Gasteiger partial charge in [0.2, 0.25) is 11.8 Å². The molecule has 15 nitrogen and oxygen atoms in total. The fourth-order valence-electron chi connectivity index (χ4n) is 10.9. The Morgan fingerprint density at radius 3 is 1.43 bits per heavy atom. The van der Waals surface area contributed by atoms with Crippen molar-refractivity contribution in [2.24, 2.45) is 17.2 Å². The number of nitrogens with zero attached hydrogens (tertiary/aromatic N) is 4. The fourth-order valence-corrected chi connectivity index (χ4v) is 11.0. The third-order valence-corrected chi connectivity index (χ3v) is 15.6. The number of hydrogen-bond acceptors (Lipinski definition) is 10. The number of esters is 2. The van der Waals surface area contributed by atoms with Crippen LogP contribution < -0.4 is 17.2 Å². The Kier molecular flexibility index (Phi) is 26.5. The Hall–Kier alpha value is -11.3. The first kappa shape index (κ1) is 75.5. The molecule has 12 aromatic rings. The van der Waals surface area contributed by atoms with E-state index in [1.165, 1.54) is 70.1 Å². The number of carbonyl (C=O) groups is 5. The van der Waals surface area contributed by atoms with Gasteiger partial charge in [0.25, 0.3) is 0 Å². The van der Waals surface area contributed by atoms with Gasteiger partial charge in [0, 0.05) is 112 Å². The van der Waals surface area contributed by atoms with E-state index in [0.29, 0.717) is 67.6 Å². The van der Waals surface area contributed by atoms with Crippen LogP contribution in [0.15, 0.2) is 195 Å². The maximum atomic E-state index is 14.2. The number of rotatable bonds is 19. The Bertz CT molecular complexity index is 4910. The van der Waals surface area contributed by atoms with E-state index < -0.39 is 87.9 Å². The number of nitrogens with one attached hydrogen (secondary N) is 1. The zero-order valence-corrected chi connectivity index (χ0v) is 55.4. The highest BCUT2D eigenvalue weighted by molar-refractivity contribution is 9.09. The smallest absolute Gasteiger partial charge is 0.325 e. The van der Waals surface area contributed by atoms with Crippen molar-refractivity contribution in [1.82, 2.24) is 24.1 Å². The SMILES string of the molecule is CCOC(=O)CBr.CCOC(=O)Cn1ccc2c(F)cc(F)cc21.Fc1cc(F)c2cc[nH]c2c1.NC(=O)c1cccc(-c2cccnc2[C@@H](CC(=O)Cn2ccc3c(F)cc(F)cc32)Cc2cc(F)cc(F)c2)c1.NC(=O)c1cccc(-c2cccnc2[C@@H](N)Cc2cc(F)cc(F)c2)c1. The number of benzene rings is 7. The largest absolute Gasteiger partial charge is 0.465 e. The Labute approximate surface area is 579 Å². The third-order valence-electron chi connectivity index (χ3n) is 15.1. The molecule has 0 aliphatic rings. The third kappa shape index (κ3) is 20.9. The van der Waals surface area contributed by atoms with Crippen LogP contribution in [-0.2, 0) is 49.8 Å². The number of ketones is 1. The van der Waals surface area contributed by atoms with Crippen molar-refractivity contribution >= 4 is 78.2 Å². The summed E-state index contributed by atoms with van der Waals surface area (Å²) in [5.41, 5.74) is 23.3. The number of alkyl halides is 1. The number of H-pyrrole nitrogens is 1. The van der Waals surface area contributed by atoms with Gasteiger partial charge in [0.1, 0.15) is 70.0 Å². The average molecular weight is 1460 g/mol. The first-order valence-electron chi connectivity index (χ1n) is 30.9. The first-order valence-corrected chi connectivity index (χ1v) is 32.0. The van der Waals surface area contributed by atoms with Crippen LogP contribution in [-0.4, -0.2) is 72.2 Å². The molecule has 5 heterocycles. The standard InChI is InChI=1S/C31H23F4N3O2.C20H17F2N3O.C12H11F2NO2.C8H5F2N.C4H7BrO2/c32-22-10-18(11-23(33)14-22)9-21(13-25(39)17-38-8-6-27-28(35)15-24(34)16-29(27)38)30-26(5-2-7-37-30)19-3-1-4-20(12-19)31(36)40;21-15-7-12(8-16(22)11-15)9-18(23)19-17(5-2-6-25-19)13-3-1-4-14(10-13)20(24)26;1-2-17-12(16)7-15-4-3-9-10(14)5-8(13)6-11(9)15;9-5-3-7(10)6-1-2-11-8(6)4-5;1-2-7-4(6)3-5/h1-8,10-12,14-16,21H,9,13,17H2,(H2,36,40);1-8,10-11,18H,9,23H2,(H2,24,26);3-6H,2,7H2,1H3;1-4,11H;2-3H2,1H3/t21-;18-;;;/m10.../s1. The van der Waals surface area contributed by atoms with Gasteiger partial charge in [-0.1, -0.05) is 52.3 Å². The number of nitrogens with two attached hydrogens (primary N) is 3. The van der Waals surface area contributed by atoms with Crippen molar-refractivity contribution < 1.29 is 77.4 Å². The average Bonchev–Trinajstić information content (AvgIpc) is 1.66. The number of fused-ring (bicyclic) bond motifs is 3. The summed E-state index contributed by atoms with van der Waals surface area (Å²) in [5, 5.41) is 1.19. The molecule has 0 fully saturated rings. The van der Waals surface area contributed by atoms with Crippen LogP contribution in [0.5, 0.6) is 0 Å². The van der Waals surface area contributed by atoms with Crippen LogP contribution in [0.2, 0.25) is 0 Å². The maximum absolute atomic E-state index is 14.2. The molecule has 0 unspecified atom stereocenters. The molecule has 0 aliphatic heterocycles. The Morgan fingerprint density at radius 2 is 0.941 bits per heavy atom. The second-order valence-corrected chi connectivity index (χ2v) is 22.9. The van der Waals surface area contributed by atoms with Crippen LogP contribution in [0.1, 0.15) is 75.5 Å². The van der Waals surface area contributed by atoms with E-state index in [4.69, 9.17) is 21.9 Å². The predicted octanol–water partition coefficient (Wildman–Crippen LogP) is 15.6. The minimum atomic E-state index is -0.764. The van der Waals surface area contributed by atoms with Crippen molar-refractivity contribution in [3.8, 4) is 22.3 Å². The monoisotopic (exact) mass is 1460 g/mol. The summed E-state index contributed by atoms with van der Waals surface area (Å²) in [5.74, 6) is -9.38. The van der Waals surface area contributed by atoms with Crippen molar-refractivity contribution in [1.29, 1.82) is 0 Å². The molecule has 0 bridgehead atoms. The fraction of sp³-hybridized carbons (Fsp3) is 0.160. The molecule has 522 valence electrons. The molecule has 0 aliphatic carbocycles. The van der Waals surface area contributed by atoms with Gasteiger partial charge < -0.3 is 40.8 Å². The Morgan fingerprint density at radius 1 is 0.495 bits per heavy atom. The van der Waals surface area contributed by atoms with Crippen LogP contribution in [0.25, 0.3) is 55.0 Å². The normalized spacial score (nSPS) is 11.4. The number of Topliss-reactive ketones (excluding diaryl/α,β-unsaturated/α-hetero) is 1. The van der Waals surface area contributed by atoms with Crippen LogP contribution >= 0.6 is 15.9 Å². The number of ether oxygens (including phenoxy) is 2. The lowest BCUT2D eigenvalue weighted by molar-refractivity contribution is -0.143. The summed E-state index contributed by atoms with van der Waals surface area (Å²) < 4.78 is 147. The van der Waals surface area contributed by atoms with Gasteiger partial charge in [-0.3, -0.25) is 33.9 Å². The van der Waals surface area contributed by atoms with Crippen molar-refractivity contribution in [3.63, 3.8) is 0 Å². The highest BCUT2D eigenvalue weighted by Gasteiger charge is 2.25. The van der Waals surface area contributed by atoms with Gasteiger partial charge in [-0.15, -0.1) is 0 Å². The summed E-state index contributed by atoms with van der Waals surface area (Å²) in [6, 6.07) is 37.0. The van der Waals surface area contributed by atoms with Gasteiger partial charge in [0.15, 0.2) is 5.78 Å². The van der Waals surface area contributed by atoms with Crippen LogP contribution in [0.3, 0.4) is 0 Å². The molecule has 7 N–H and O–H groups in total. The summed E-state index contributed by atoms with van der Waals surface area (Å²) >= 11 is 2.94. The molecule has 7 aromatic carbocycles.